The molecule has 31 heavy (non-hydrogen) atoms. The standard InChI is InChI=1S/C21H27N5O5/c1-12(21(30)31)25-18(27)11-24-19(28)17-7-4-8-26(17)20(29)15(22)9-13-10-23-16-6-3-2-5-14(13)16/h2-3,5-6,10,12,15,17,23H,4,7-9,11,22H2,1H3,(H,24,28)(H,25,27)(H,30,31). The van der Waals surface area contributed by atoms with Crippen molar-refractivity contribution in [3.8, 4) is 0 Å². The molecule has 10 heteroatoms. The zero-order chi connectivity index (χ0) is 22.5. The maximum Gasteiger partial charge on any atom is 0.325 e. The van der Waals surface area contributed by atoms with Gasteiger partial charge in [-0.2, -0.15) is 0 Å². The van der Waals surface area contributed by atoms with Gasteiger partial charge < -0.3 is 31.4 Å². The van der Waals surface area contributed by atoms with Crippen molar-refractivity contribution in [2.75, 3.05) is 13.1 Å². The minimum Gasteiger partial charge on any atom is -0.480 e. The Morgan fingerprint density at radius 3 is 2.77 bits per heavy atom. The highest BCUT2D eigenvalue weighted by Gasteiger charge is 2.36. The zero-order valence-electron chi connectivity index (χ0n) is 17.3. The van der Waals surface area contributed by atoms with Crippen LogP contribution in [0.3, 0.4) is 0 Å². The molecule has 1 aromatic carbocycles. The average Bonchev–Trinajstić information content (AvgIpc) is 3.39. The summed E-state index contributed by atoms with van der Waals surface area (Å²) in [4.78, 5) is 52.7. The molecule has 0 saturated carbocycles. The molecule has 2 aromatic rings. The molecule has 3 atom stereocenters. The average molecular weight is 429 g/mol. The Morgan fingerprint density at radius 1 is 1.29 bits per heavy atom. The monoisotopic (exact) mass is 429 g/mol. The van der Waals surface area contributed by atoms with Crippen LogP contribution in [0.2, 0.25) is 0 Å². The summed E-state index contributed by atoms with van der Waals surface area (Å²) in [6.45, 7) is 1.38. The zero-order valence-corrected chi connectivity index (χ0v) is 17.3. The summed E-state index contributed by atoms with van der Waals surface area (Å²) in [5.74, 6) is -2.55. The molecule has 2 heterocycles. The van der Waals surface area contributed by atoms with E-state index in [1.807, 2.05) is 30.5 Å². The first-order valence-corrected chi connectivity index (χ1v) is 10.2. The SMILES string of the molecule is CC(NC(=O)CNC(=O)C1CCCN1C(=O)C(N)Cc1c[nH]c2ccccc12)C(=O)O. The number of nitrogens with one attached hydrogen (secondary N) is 3. The number of likely N-dealkylation sites (tertiary alicyclic amines) is 1. The second kappa shape index (κ2) is 9.61. The lowest BCUT2D eigenvalue weighted by atomic mass is 10.0. The van der Waals surface area contributed by atoms with E-state index in [1.165, 1.54) is 11.8 Å². The minimum absolute atomic E-state index is 0.313. The number of carboxylic acid groups (broad SMARTS) is 1. The fourth-order valence-electron chi connectivity index (χ4n) is 3.78. The van der Waals surface area contributed by atoms with E-state index in [1.54, 1.807) is 0 Å². The van der Waals surface area contributed by atoms with Crippen molar-refractivity contribution in [1.29, 1.82) is 0 Å². The second-order valence-electron chi connectivity index (χ2n) is 7.71. The van der Waals surface area contributed by atoms with Gasteiger partial charge in [0.05, 0.1) is 12.6 Å². The number of aromatic nitrogens is 1. The van der Waals surface area contributed by atoms with Gasteiger partial charge in [-0.25, -0.2) is 0 Å². The first-order valence-electron chi connectivity index (χ1n) is 10.2. The number of carbonyl (C=O) groups excluding carboxylic acids is 3. The molecule has 10 nitrogen and oxygen atoms in total. The maximum atomic E-state index is 12.9. The van der Waals surface area contributed by atoms with Crippen LogP contribution in [0.4, 0.5) is 0 Å². The van der Waals surface area contributed by atoms with E-state index >= 15 is 0 Å². The highest BCUT2D eigenvalue weighted by atomic mass is 16.4. The molecular weight excluding hydrogens is 402 g/mol. The Labute approximate surface area is 179 Å². The number of para-hydroxylation sites is 1. The van der Waals surface area contributed by atoms with E-state index in [4.69, 9.17) is 10.8 Å². The number of amides is 3. The van der Waals surface area contributed by atoms with Crippen molar-refractivity contribution >= 4 is 34.6 Å². The summed E-state index contributed by atoms with van der Waals surface area (Å²) in [6.07, 6.45) is 3.31. The number of nitrogens with zero attached hydrogens (tertiary/aromatic N) is 1. The van der Waals surface area contributed by atoms with E-state index in [0.717, 1.165) is 16.5 Å². The number of hydrogen-bond acceptors (Lipinski definition) is 5. The van der Waals surface area contributed by atoms with Gasteiger partial charge in [0.15, 0.2) is 0 Å². The molecule has 1 aliphatic heterocycles. The van der Waals surface area contributed by atoms with Crippen LogP contribution in [-0.2, 0) is 25.6 Å². The molecule has 1 aliphatic rings. The second-order valence-corrected chi connectivity index (χ2v) is 7.71. The third kappa shape index (κ3) is 5.21. The Hall–Kier alpha value is -3.40. The van der Waals surface area contributed by atoms with Gasteiger partial charge in [-0.1, -0.05) is 18.2 Å². The number of aromatic amines is 1. The smallest absolute Gasteiger partial charge is 0.325 e. The number of aliphatic carboxylic acids is 1. The molecule has 3 amide bonds. The van der Waals surface area contributed by atoms with Gasteiger partial charge in [0, 0.05) is 23.6 Å². The lowest BCUT2D eigenvalue weighted by Gasteiger charge is -2.26. The highest BCUT2D eigenvalue weighted by Crippen LogP contribution is 2.22. The number of rotatable bonds is 8. The predicted molar refractivity (Wildman–Crippen MR) is 113 cm³/mol. The van der Waals surface area contributed by atoms with E-state index in [0.29, 0.717) is 25.8 Å². The predicted octanol–water partition coefficient (Wildman–Crippen LogP) is -0.266. The lowest BCUT2D eigenvalue weighted by molar-refractivity contribution is -0.141. The number of fused-ring (bicyclic) bond motifs is 1. The number of benzene rings is 1. The quantitative estimate of drug-likeness (QED) is 0.389. The van der Waals surface area contributed by atoms with Crippen molar-refractivity contribution in [1.82, 2.24) is 20.5 Å². The molecule has 6 N–H and O–H groups in total. The van der Waals surface area contributed by atoms with Crippen molar-refractivity contribution < 1.29 is 24.3 Å². The molecule has 0 spiro atoms. The summed E-state index contributed by atoms with van der Waals surface area (Å²) in [5, 5.41) is 14.6. The summed E-state index contributed by atoms with van der Waals surface area (Å²) in [7, 11) is 0. The molecular formula is C21H27N5O5. The summed E-state index contributed by atoms with van der Waals surface area (Å²) >= 11 is 0. The van der Waals surface area contributed by atoms with Crippen LogP contribution in [0.25, 0.3) is 10.9 Å². The van der Waals surface area contributed by atoms with Crippen LogP contribution in [0, 0.1) is 0 Å². The Bertz CT molecular complexity index is 987. The van der Waals surface area contributed by atoms with E-state index in [9.17, 15) is 19.2 Å². The molecule has 1 saturated heterocycles. The summed E-state index contributed by atoms with van der Waals surface area (Å²) < 4.78 is 0. The Balaban J connectivity index is 1.57. The number of nitrogens with two attached hydrogens (primary N) is 1. The van der Waals surface area contributed by atoms with Crippen LogP contribution in [0.15, 0.2) is 30.5 Å². The van der Waals surface area contributed by atoms with Crippen molar-refractivity contribution in [3.63, 3.8) is 0 Å². The van der Waals surface area contributed by atoms with Crippen molar-refractivity contribution in [3.05, 3.63) is 36.0 Å². The van der Waals surface area contributed by atoms with Gasteiger partial charge in [-0.3, -0.25) is 19.2 Å². The molecule has 1 aromatic heterocycles. The van der Waals surface area contributed by atoms with Crippen LogP contribution in [0.5, 0.6) is 0 Å². The Kier molecular flexibility index (Phi) is 6.91. The maximum absolute atomic E-state index is 12.9. The number of hydrogen-bond donors (Lipinski definition) is 5. The Morgan fingerprint density at radius 2 is 2.03 bits per heavy atom. The minimum atomic E-state index is -1.17. The van der Waals surface area contributed by atoms with Gasteiger partial charge in [0.2, 0.25) is 17.7 Å². The van der Waals surface area contributed by atoms with Crippen LogP contribution >= 0.6 is 0 Å². The molecule has 0 radical (unpaired) electrons. The third-order valence-electron chi connectivity index (χ3n) is 5.44. The third-order valence-corrected chi connectivity index (χ3v) is 5.44. The number of carbonyl (C=O) groups is 4. The summed E-state index contributed by atoms with van der Waals surface area (Å²) in [6, 6.07) is 5.18. The summed E-state index contributed by atoms with van der Waals surface area (Å²) in [5.41, 5.74) is 8.09. The van der Waals surface area contributed by atoms with E-state index < -0.39 is 35.9 Å². The molecule has 0 bridgehead atoms. The highest BCUT2D eigenvalue weighted by molar-refractivity contribution is 5.93. The molecule has 0 aliphatic carbocycles. The van der Waals surface area contributed by atoms with Crippen LogP contribution in [-0.4, -0.2) is 69.9 Å². The number of H-pyrrole nitrogens is 1. The van der Waals surface area contributed by atoms with E-state index in [2.05, 4.69) is 15.6 Å². The fourth-order valence-corrected chi connectivity index (χ4v) is 3.78. The topological polar surface area (TPSA) is 158 Å². The van der Waals surface area contributed by atoms with Gasteiger partial charge in [-0.15, -0.1) is 0 Å². The lowest BCUT2D eigenvalue weighted by Crippen LogP contribution is -2.53. The first kappa shape index (κ1) is 22.3. The van der Waals surface area contributed by atoms with E-state index in [-0.39, 0.29) is 12.5 Å². The van der Waals surface area contributed by atoms with Crippen LogP contribution in [0.1, 0.15) is 25.3 Å². The largest absolute Gasteiger partial charge is 0.480 e. The van der Waals surface area contributed by atoms with Gasteiger partial charge in [0.1, 0.15) is 12.1 Å². The van der Waals surface area contributed by atoms with Crippen molar-refractivity contribution in [2.45, 2.75) is 44.3 Å². The number of carboxylic acids is 1. The van der Waals surface area contributed by atoms with Gasteiger partial charge >= 0.3 is 5.97 Å². The molecule has 1 fully saturated rings. The molecule has 3 unspecified atom stereocenters. The van der Waals surface area contributed by atoms with Gasteiger partial charge in [-0.05, 0) is 37.8 Å². The molecule has 166 valence electrons. The first-order chi connectivity index (χ1) is 14.8. The van der Waals surface area contributed by atoms with Crippen LogP contribution < -0.4 is 16.4 Å². The fraction of sp³-hybridized carbons (Fsp3) is 0.429. The molecule has 3 rings (SSSR count). The normalized spacial score (nSPS) is 17.9. The van der Waals surface area contributed by atoms with Crippen molar-refractivity contribution in [2.24, 2.45) is 5.73 Å². The van der Waals surface area contributed by atoms with Gasteiger partial charge in [0.25, 0.3) is 0 Å².